The summed E-state index contributed by atoms with van der Waals surface area (Å²) in [6.45, 7) is 4.82. The van der Waals surface area contributed by atoms with Crippen LogP contribution in [0, 0.1) is 13.8 Å². The van der Waals surface area contributed by atoms with E-state index >= 15 is 0 Å². The summed E-state index contributed by atoms with van der Waals surface area (Å²) >= 11 is 5.32. The molecule has 2 aromatic heterocycles. The highest BCUT2D eigenvalue weighted by Crippen LogP contribution is 2.27. The van der Waals surface area contributed by atoms with Crippen molar-refractivity contribution in [2.45, 2.75) is 42.4 Å². The molecule has 0 saturated heterocycles. The van der Waals surface area contributed by atoms with Crippen LogP contribution in [0.25, 0.3) is 0 Å². The Morgan fingerprint density at radius 1 is 0.932 bits per heavy atom. The number of nitrogens with one attached hydrogen (secondary N) is 5. The van der Waals surface area contributed by atoms with Gasteiger partial charge in [0, 0.05) is 41.4 Å². The Kier molecular flexibility index (Phi) is 17.4. The molecule has 3 amide bonds. The molecule has 2 heterocycles. The number of nitrogens with zero attached hydrogens (tertiary/aromatic N) is 4. The zero-order chi connectivity index (χ0) is 32.2. The number of rotatable bonds is 12. The minimum atomic E-state index is -1.75. The molecule has 0 saturated carbocycles. The molecule has 0 atom stereocenters. The van der Waals surface area contributed by atoms with Crippen LogP contribution in [0.3, 0.4) is 0 Å². The lowest BCUT2D eigenvalue weighted by Crippen LogP contribution is -2.39. The molecule has 0 aliphatic heterocycles. The van der Waals surface area contributed by atoms with E-state index in [0.717, 1.165) is 22.6 Å². The molecule has 0 radical (unpaired) electrons. The van der Waals surface area contributed by atoms with Crippen LogP contribution >= 0.6 is 46.6 Å². The van der Waals surface area contributed by atoms with Gasteiger partial charge in [0.25, 0.3) is 0 Å². The maximum absolute atomic E-state index is 11.6. The number of benzene rings is 2. The van der Waals surface area contributed by atoms with Gasteiger partial charge in [-0.25, -0.2) is 19.0 Å². The SMILES string of the molecule is CC(=O)NNc1nc(Sc2ccccc2)ns1.CSc1nsc(NNC(=O)NCCCOc2ccc(C)cc2C)n1.FCF. The van der Waals surface area contributed by atoms with Gasteiger partial charge >= 0.3 is 6.03 Å². The maximum atomic E-state index is 11.6. The standard InChI is InChI=1S/C15H21N5O2S2.C10H10N4OS2.CH2F2/c1-10-5-6-12(11(2)9-10)22-8-4-7-16-13(21)18-19-14-17-15(23-3)20-24-14;1-7(15)12-13-9-11-10(14-17-9)16-8-5-3-2-4-6-8;2-1-3/h5-6,9H,4,7-8H2,1-3H3,(H2,16,18,21)(H,17,19,20);2-6H,1H3,(H,12,15)(H,11,13,14);1H2. The number of anilines is 2. The number of aromatic nitrogens is 4. The maximum Gasteiger partial charge on any atom is 0.333 e. The van der Waals surface area contributed by atoms with E-state index in [1.54, 1.807) is 0 Å². The molecule has 4 rings (SSSR count). The Hall–Kier alpha value is -3.74. The third kappa shape index (κ3) is 15.1. The van der Waals surface area contributed by atoms with Gasteiger partial charge in [-0.1, -0.05) is 47.7 Å². The fourth-order valence-corrected chi connectivity index (χ4v) is 5.42. The Bertz CT molecular complexity index is 1410. The molecule has 0 fully saturated rings. The minimum Gasteiger partial charge on any atom is -0.493 e. The summed E-state index contributed by atoms with van der Waals surface area (Å²) in [6.07, 6.45) is 2.61. The van der Waals surface area contributed by atoms with E-state index in [1.165, 1.54) is 59.1 Å². The lowest BCUT2D eigenvalue weighted by atomic mass is 10.1. The topological polar surface area (TPSA) is 155 Å². The summed E-state index contributed by atoms with van der Waals surface area (Å²) in [5, 5.41) is 5.19. The second kappa shape index (κ2) is 21.0. The van der Waals surface area contributed by atoms with E-state index < -0.39 is 6.93 Å². The number of hydrazine groups is 2. The number of ether oxygens (including phenoxy) is 1. The third-order valence-electron chi connectivity index (χ3n) is 4.77. The molecule has 4 aromatic rings. The van der Waals surface area contributed by atoms with Gasteiger partial charge in [-0.05, 0) is 62.0 Å². The average Bonchev–Trinajstić information content (AvgIpc) is 3.66. The van der Waals surface area contributed by atoms with Crippen LogP contribution in [-0.2, 0) is 4.79 Å². The lowest BCUT2D eigenvalue weighted by Gasteiger charge is -2.10. The van der Waals surface area contributed by atoms with Gasteiger partial charge in [0.1, 0.15) is 5.75 Å². The van der Waals surface area contributed by atoms with Gasteiger partial charge in [0.05, 0.1) is 6.61 Å². The zero-order valence-corrected chi connectivity index (χ0v) is 27.6. The summed E-state index contributed by atoms with van der Waals surface area (Å²) < 4.78 is 33.2. The van der Waals surface area contributed by atoms with E-state index in [0.29, 0.717) is 33.7 Å². The molecule has 0 aliphatic rings. The van der Waals surface area contributed by atoms with Crippen LogP contribution < -0.4 is 31.8 Å². The second-order valence-electron chi connectivity index (χ2n) is 8.27. The number of hydrogen-bond acceptors (Lipinski definition) is 13. The van der Waals surface area contributed by atoms with Crippen molar-refractivity contribution in [1.82, 2.24) is 34.9 Å². The number of urea groups is 1. The van der Waals surface area contributed by atoms with Gasteiger partial charge in [0.2, 0.25) is 33.4 Å². The van der Waals surface area contributed by atoms with Crippen molar-refractivity contribution in [3.8, 4) is 5.75 Å². The normalized spacial score (nSPS) is 9.86. The molecule has 0 unspecified atom stereocenters. The number of carbonyl (C=O) groups is 2. The predicted octanol–water partition coefficient (Wildman–Crippen LogP) is 6.01. The quantitative estimate of drug-likeness (QED) is 0.0677. The Morgan fingerprint density at radius 3 is 2.18 bits per heavy atom. The highest BCUT2D eigenvalue weighted by atomic mass is 32.2. The largest absolute Gasteiger partial charge is 0.493 e. The highest BCUT2D eigenvalue weighted by molar-refractivity contribution is 7.99. The van der Waals surface area contributed by atoms with E-state index in [4.69, 9.17) is 4.74 Å². The molecule has 2 aromatic carbocycles. The van der Waals surface area contributed by atoms with Gasteiger partial charge in [-0.3, -0.25) is 21.1 Å². The summed E-state index contributed by atoms with van der Waals surface area (Å²) in [7, 11) is 0. The van der Waals surface area contributed by atoms with Crippen LogP contribution in [0.15, 0.2) is 63.7 Å². The Morgan fingerprint density at radius 2 is 1.57 bits per heavy atom. The summed E-state index contributed by atoms with van der Waals surface area (Å²) in [5.74, 6) is 0.713. The van der Waals surface area contributed by atoms with Crippen molar-refractivity contribution < 1.29 is 23.1 Å². The smallest absolute Gasteiger partial charge is 0.333 e. The molecular weight excluding hydrogens is 653 g/mol. The van der Waals surface area contributed by atoms with Crippen molar-refractivity contribution in [2.75, 3.05) is 37.2 Å². The van der Waals surface area contributed by atoms with Gasteiger partial charge < -0.3 is 10.1 Å². The van der Waals surface area contributed by atoms with Crippen LogP contribution in [0.5, 0.6) is 5.75 Å². The van der Waals surface area contributed by atoms with E-state index in [1.807, 2.05) is 55.6 Å². The molecule has 0 bridgehead atoms. The second-order valence-corrected chi connectivity index (χ2v) is 11.6. The van der Waals surface area contributed by atoms with Crippen molar-refractivity contribution in [3.63, 3.8) is 0 Å². The first-order valence-corrected chi connectivity index (χ1v) is 16.4. The summed E-state index contributed by atoms with van der Waals surface area (Å²) in [5.41, 5.74) is 12.7. The molecule has 18 heteroatoms. The average molecular weight is 686 g/mol. The van der Waals surface area contributed by atoms with Gasteiger partial charge in [-0.2, -0.15) is 18.7 Å². The van der Waals surface area contributed by atoms with Crippen LogP contribution in [0.2, 0.25) is 0 Å². The highest BCUT2D eigenvalue weighted by Gasteiger charge is 2.06. The molecule has 238 valence electrons. The van der Waals surface area contributed by atoms with Crippen LogP contribution in [0.4, 0.5) is 23.8 Å². The van der Waals surface area contributed by atoms with E-state index in [2.05, 4.69) is 58.7 Å². The summed E-state index contributed by atoms with van der Waals surface area (Å²) in [4.78, 5) is 31.8. The van der Waals surface area contributed by atoms with Crippen LogP contribution in [-0.4, -0.2) is 57.0 Å². The predicted molar refractivity (Wildman–Crippen MR) is 173 cm³/mol. The van der Waals surface area contributed by atoms with E-state index in [-0.39, 0.29) is 11.9 Å². The Labute approximate surface area is 270 Å². The first-order valence-electron chi connectivity index (χ1n) is 12.8. The van der Waals surface area contributed by atoms with Crippen molar-refractivity contribution in [2.24, 2.45) is 0 Å². The van der Waals surface area contributed by atoms with Gasteiger partial charge in [0.15, 0.2) is 0 Å². The first kappa shape index (κ1) is 36.5. The monoisotopic (exact) mass is 685 g/mol. The lowest BCUT2D eigenvalue weighted by molar-refractivity contribution is -0.118. The molecular formula is C26H33F2N9O3S4. The minimum absolute atomic E-state index is 0.169. The molecule has 12 nitrogen and oxygen atoms in total. The molecule has 44 heavy (non-hydrogen) atoms. The zero-order valence-electron chi connectivity index (χ0n) is 24.3. The third-order valence-corrected chi connectivity index (χ3v) is 7.69. The fourth-order valence-electron chi connectivity index (χ4n) is 2.95. The van der Waals surface area contributed by atoms with Crippen molar-refractivity contribution in [3.05, 3.63) is 59.7 Å². The van der Waals surface area contributed by atoms with Crippen LogP contribution in [0.1, 0.15) is 24.5 Å². The van der Waals surface area contributed by atoms with Gasteiger partial charge in [-0.15, -0.1) is 0 Å². The number of carbonyl (C=O) groups excluding carboxylic acids is 2. The van der Waals surface area contributed by atoms with Crippen molar-refractivity contribution in [1.29, 1.82) is 0 Å². The number of halogens is 2. The molecule has 5 N–H and O–H groups in total. The van der Waals surface area contributed by atoms with E-state index in [9.17, 15) is 18.4 Å². The molecule has 0 spiro atoms. The number of amides is 3. The number of alkyl halides is 2. The van der Waals surface area contributed by atoms with Crippen molar-refractivity contribution >= 4 is 68.8 Å². The number of thioether (sulfide) groups is 1. The molecule has 0 aliphatic carbocycles. The summed E-state index contributed by atoms with van der Waals surface area (Å²) in [6, 6.07) is 15.6. The Balaban J connectivity index is 0.000000295. The first-order chi connectivity index (χ1) is 21.2. The number of aryl methyl sites for hydroxylation is 2. The number of hydrogen-bond donors (Lipinski definition) is 5. The fraction of sp³-hybridized carbons (Fsp3) is 0.308.